The zero-order valence-electron chi connectivity index (χ0n) is 13.2. The van der Waals surface area contributed by atoms with E-state index in [-0.39, 0.29) is 5.69 Å². The maximum Gasteiger partial charge on any atom is 0.437 e. The molecule has 0 radical (unpaired) electrons. The number of alkyl halides is 3. The quantitative estimate of drug-likeness (QED) is 0.788. The molecule has 0 spiro atoms. The van der Waals surface area contributed by atoms with Crippen molar-refractivity contribution in [2.75, 3.05) is 5.32 Å². The normalized spacial score (nSPS) is 11.6. The van der Waals surface area contributed by atoms with Crippen LogP contribution in [0.3, 0.4) is 0 Å². The lowest BCUT2D eigenvalue weighted by atomic mass is 10.2. The van der Waals surface area contributed by atoms with Crippen molar-refractivity contribution in [3.05, 3.63) is 53.6 Å². The third-order valence-corrected chi connectivity index (χ3v) is 3.37. The van der Waals surface area contributed by atoms with Crippen molar-refractivity contribution < 1.29 is 18.0 Å². The molecule has 0 atom stereocenters. The van der Waals surface area contributed by atoms with E-state index >= 15 is 0 Å². The molecule has 2 heterocycles. The van der Waals surface area contributed by atoms with E-state index in [9.17, 15) is 18.0 Å². The second kappa shape index (κ2) is 6.04. The van der Waals surface area contributed by atoms with Gasteiger partial charge in [-0.1, -0.05) is 22.9 Å². The Labute approximate surface area is 140 Å². The van der Waals surface area contributed by atoms with Gasteiger partial charge in [-0.2, -0.15) is 18.3 Å². The lowest BCUT2D eigenvalue weighted by Crippen LogP contribution is -2.16. The van der Waals surface area contributed by atoms with E-state index in [2.05, 4.69) is 20.7 Å². The second-order valence-electron chi connectivity index (χ2n) is 5.40. The molecular weight excluding hydrogens is 337 g/mol. The van der Waals surface area contributed by atoms with E-state index in [0.717, 1.165) is 16.4 Å². The van der Waals surface area contributed by atoms with E-state index in [1.165, 1.54) is 17.9 Å². The van der Waals surface area contributed by atoms with Crippen LogP contribution in [0.15, 0.2) is 36.7 Å². The summed E-state index contributed by atoms with van der Waals surface area (Å²) in [5, 5.41) is 13.0. The number of amides is 1. The average Bonchev–Trinajstić information content (AvgIpc) is 3.14. The van der Waals surface area contributed by atoms with Gasteiger partial charge in [-0.05, 0) is 19.1 Å². The van der Waals surface area contributed by atoms with Crippen LogP contribution in [0.2, 0.25) is 0 Å². The van der Waals surface area contributed by atoms with Gasteiger partial charge in [0.1, 0.15) is 0 Å². The highest BCUT2D eigenvalue weighted by molar-refractivity contribution is 6.02. The van der Waals surface area contributed by atoms with E-state index in [4.69, 9.17) is 0 Å². The summed E-state index contributed by atoms with van der Waals surface area (Å²) in [5.74, 6) is -0.808. The first-order chi connectivity index (χ1) is 11.7. The third-order valence-electron chi connectivity index (χ3n) is 3.37. The van der Waals surface area contributed by atoms with Crippen molar-refractivity contribution >= 4 is 11.6 Å². The number of rotatable bonds is 3. The van der Waals surface area contributed by atoms with Gasteiger partial charge in [0.25, 0.3) is 5.91 Å². The molecule has 3 rings (SSSR count). The maximum atomic E-state index is 12.9. The van der Waals surface area contributed by atoms with E-state index in [0.29, 0.717) is 5.69 Å². The molecule has 0 aliphatic heterocycles. The molecule has 0 aliphatic rings. The van der Waals surface area contributed by atoms with E-state index in [1.807, 2.05) is 19.1 Å². The number of nitrogens with one attached hydrogen (secondary N) is 1. The molecule has 0 bridgehead atoms. The smallest absolute Gasteiger partial charge is 0.317 e. The van der Waals surface area contributed by atoms with Crippen LogP contribution in [0.25, 0.3) is 5.69 Å². The van der Waals surface area contributed by atoms with Crippen LogP contribution in [-0.2, 0) is 13.2 Å². The van der Waals surface area contributed by atoms with Crippen molar-refractivity contribution in [1.82, 2.24) is 24.8 Å². The molecule has 1 N–H and O–H groups in total. The molecule has 3 aromatic rings. The number of aromatic nitrogens is 5. The van der Waals surface area contributed by atoms with Crippen LogP contribution in [0.5, 0.6) is 0 Å². The lowest BCUT2D eigenvalue weighted by Gasteiger charge is -2.06. The van der Waals surface area contributed by atoms with Gasteiger partial charge in [0.2, 0.25) is 0 Å². The molecule has 1 aromatic carbocycles. The van der Waals surface area contributed by atoms with Gasteiger partial charge >= 0.3 is 6.18 Å². The Bertz CT molecular complexity index is 910. The zero-order valence-corrected chi connectivity index (χ0v) is 13.2. The van der Waals surface area contributed by atoms with Gasteiger partial charge < -0.3 is 5.32 Å². The predicted octanol–water partition coefficient (Wildman–Crippen LogP) is 2.58. The van der Waals surface area contributed by atoms with Crippen LogP contribution < -0.4 is 5.32 Å². The molecule has 0 fully saturated rings. The van der Waals surface area contributed by atoms with E-state index < -0.39 is 23.5 Å². The standard InChI is InChI=1S/C15H13F3N6O/c1-9-3-5-10(6-4-9)24-8-12(20-22-24)14(25)19-11-7-23(2)21-13(11)15(16,17)18/h3-8H,1-2H3,(H,19,25). The van der Waals surface area contributed by atoms with Crippen LogP contribution in [0, 0.1) is 6.92 Å². The molecule has 0 saturated carbocycles. The SMILES string of the molecule is Cc1ccc(-n2cc(C(=O)Nc3cn(C)nc3C(F)(F)F)nn2)cc1. The molecule has 2 aromatic heterocycles. The fraction of sp³-hybridized carbons (Fsp3) is 0.200. The Hall–Kier alpha value is -3.17. The molecule has 0 unspecified atom stereocenters. The maximum absolute atomic E-state index is 12.9. The molecule has 10 heteroatoms. The van der Waals surface area contributed by atoms with Crippen molar-refractivity contribution in [3.63, 3.8) is 0 Å². The van der Waals surface area contributed by atoms with Gasteiger partial charge in [-0.3, -0.25) is 9.48 Å². The first kappa shape index (κ1) is 16.7. The van der Waals surface area contributed by atoms with Gasteiger partial charge in [0, 0.05) is 13.2 Å². The summed E-state index contributed by atoms with van der Waals surface area (Å²) in [4.78, 5) is 12.2. The molecule has 7 nitrogen and oxygen atoms in total. The average molecular weight is 350 g/mol. The van der Waals surface area contributed by atoms with Crippen LogP contribution in [-0.4, -0.2) is 30.7 Å². The molecule has 130 valence electrons. The highest BCUT2D eigenvalue weighted by Crippen LogP contribution is 2.33. The van der Waals surface area contributed by atoms with Crippen molar-refractivity contribution in [2.24, 2.45) is 7.05 Å². The molecule has 0 aliphatic carbocycles. The van der Waals surface area contributed by atoms with Crippen molar-refractivity contribution in [2.45, 2.75) is 13.1 Å². The third kappa shape index (κ3) is 3.52. The number of carbonyl (C=O) groups is 1. The number of nitrogens with zero attached hydrogens (tertiary/aromatic N) is 5. The summed E-state index contributed by atoms with van der Waals surface area (Å²) in [6.45, 7) is 1.93. The Morgan fingerprint density at radius 2 is 1.84 bits per heavy atom. The number of anilines is 1. The summed E-state index contributed by atoms with van der Waals surface area (Å²) in [6.07, 6.45) is -2.27. The fourth-order valence-corrected chi connectivity index (χ4v) is 2.17. The minimum atomic E-state index is -4.68. The number of benzene rings is 1. The number of hydrogen-bond acceptors (Lipinski definition) is 4. The minimum Gasteiger partial charge on any atom is -0.317 e. The Morgan fingerprint density at radius 1 is 1.16 bits per heavy atom. The summed E-state index contributed by atoms with van der Waals surface area (Å²) in [5.41, 5.74) is 0.00399. The summed E-state index contributed by atoms with van der Waals surface area (Å²) in [7, 11) is 1.33. The second-order valence-corrected chi connectivity index (χ2v) is 5.40. The van der Waals surface area contributed by atoms with Gasteiger partial charge in [-0.15, -0.1) is 5.10 Å². The summed E-state index contributed by atoms with van der Waals surface area (Å²) in [6, 6.07) is 7.30. The fourth-order valence-electron chi connectivity index (χ4n) is 2.17. The first-order valence-corrected chi connectivity index (χ1v) is 7.15. The monoisotopic (exact) mass is 350 g/mol. The van der Waals surface area contributed by atoms with E-state index in [1.54, 1.807) is 12.1 Å². The lowest BCUT2D eigenvalue weighted by molar-refractivity contribution is -0.140. The minimum absolute atomic E-state index is 0.113. The van der Waals surface area contributed by atoms with Crippen LogP contribution >= 0.6 is 0 Å². The number of hydrogen-bond donors (Lipinski definition) is 1. The molecular formula is C15H13F3N6O. The van der Waals surface area contributed by atoms with Crippen LogP contribution in [0.1, 0.15) is 21.7 Å². The summed E-state index contributed by atoms with van der Waals surface area (Å²) >= 11 is 0. The number of aryl methyl sites for hydroxylation is 2. The highest BCUT2D eigenvalue weighted by atomic mass is 19.4. The highest BCUT2D eigenvalue weighted by Gasteiger charge is 2.37. The van der Waals surface area contributed by atoms with Crippen molar-refractivity contribution in [3.8, 4) is 5.69 Å². The largest absolute Gasteiger partial charge is 0.437 e. The zero-order chi connectivity index (χ0) is 18.2. The van der Waals surface area contributed by atoms with Crippen molar-refractivity contribution in [1.29, 1.82) is 0 Å². The molecule has 0 saturated heterocycles. The number of carbonyl (C=O) groups excluding carboxylic acids is 1. The van der Waals surface area contributed by atoms with Gasteiger partial charge in [0.05, 0.1) is 17.6 Å². The van der Waals surface area contributed by atoms with Gasteiger partial charge in [-0.25, -0.2) is 4.68 Å². The molecule has 25 heavy (non-hydrogen) atoms. The predicted molar refractivity (Wildman–Crippen MR) is 82.3 cm³/mol. The summed E-state index contributed by atoms with van der Waals surface area (Å²) < 4.78 is 41.1. The topological polar surface area (TPSA) is 77.6 Å². The Kier molecular flexibility index (Phi) is 4.03. The molecule has 1 amide bonds. The van der Waals surface area contributed by atoms with Gasteiger partial charge in [0.15, 0.2) is 11.4 Å². The number of halogens is 3. The first-order valence-electron chi connectivity index (χ1n) is 7.15. The van der Waals surface area contributed by atoms with Crippen LogP contribution in [0.4, 0.5) is 18.9 Å². The Balaban J connectivity index is 1.82. The Morgan fingerprint density at radius 3 is 2.48 bits per heavy atom.